The third kappa shape index (κ3) is 7.36. The van der Waals surface area contributed by atoms with E-state index < -0.39 is 50.8 Å². The first-order chi connectivity index (χ1) is 21.4. The van der Waals surface area contributed by atoms with Gasteiger partial charge in [0.25, 0.3) is 0 Å². The van der Waals surface area contributed by atoms with Gasteiger partial charge >= 0.3 is 6.09 Å². The molecule has 45 heavy (non-hydrogen) atoms. The first-order valence-electron chi connectivity index (χ1n) is 14.6. The van der Waals surface area contributed by atoms with E-state index >= 15 is 4.39 Å². The SMILES string of the molecule is CCOc1ccc(F)c([C@H](Nc2ccc(CN)c(F)c2)C(=O)N2CCC[C@@H]2c2cc(NC(=O)OC)ccc2S(=O)(=O)C(C)C)c1. The number of nitrogens with two attached hydrogens (primary N) is 1. The molecule has 1 heterocycles. The fraction of sp³-hybridized carbons (Fsp3) is 0.375. The van der Waals surface area contributed by atoms with Crippen LogP contribution in [0.15, 0.2) is 59.5 Å². The number of anilines is 2. The molecule has 4 N–H and O–H groups in total. The second-order valence-electron chi connectivity index (χ2n) is 10.9. The Morgan fingerprint density at radius 3 is 2.42 bits per heavy atom. The molecule has 242 valence electrons. The van der Waals surface area contributed by atoms with Crippen LogP contribution in [0.4, 0.5) is 25.0 Å². The maximum absolute atomic E-state index is 15.5. The largest absolute Gasteiger partial charge is 0.494 e. The van der Waals surface area contributed by atoms with Crippen molar-refractivity contribution >= 4 is 33.2 Å². The molecule has 0 spiro atoms. The van der Waals surface area contributed by atoms with E-state index in [1.54, 1.807) is 26.8 Å². The molecule has 1 aliphatic heterocycles. The van der Waals surface area contributed by atoms with Gasteiger partial charge in [0.05, 0.1) is 29.9 Å². The molecule has 1 saturated heterocycles. The van der Waals surface area contributed by atoms with Gasteiger partial charge in [-0.05, 0) is 87.7 Å². The average molecular weight is 645 g/mol. The minimum absolute atomic E-state index is 0.0195. The quantitative estimate of drug-likeness (QED) is 0.242. The van der Waals surface area contributed by atoms with E-state index in [4.69, 9.17) is 15.2 Å². The van der Waals surface area contributed by atoms with E-state index in [9.17, 15) is 22.4 Å². The number of carbonyl (C=O) groups excluding carboxylic acids is 2. The Morgan fingerprint density at radius 2 is 1.78 bits per heavy atom. The molecule has 0 bridgehead atoms. The Bertz CT molecular complexity index is 1670. The first kappa shape index (κ1) is 33.7. The number of methoxy groups -OCH3 is 1. The highest BCUT2D eigenvalue weighted by Gasteiger charge is 2.39. The molecule has 1 fully saturated rings. The number of carbonyl (C=O) groups is 2. The summed E-state index contributed by atoms with van der Waals surface area (Å²) >= 11 is 0. The molecule has 0 unspecified atom stereocenters. The molecule has 13 heteroatoms. The van der Waals surface area contributed by atoms with Crippen molar-refractivity contribution < 1.29 is 36.3 Å². The molecule has 0 aromatic heterocycles. The van der Waals surface area contributed by atoms with Crippen molar-refractivity contribution in [2.75, 3.05) is 30.9 Å². The highest BCUT2D eigenvalue weighted by Crippen LogP contribution is 2.40. The van der Waals surface area contributed by atoms with E-state index in [0.717, 1.165) is 0 Å². The Morgan fingerprint density at radius 1 is 1.04 bits per heavy atom. The molecule has 0 aliphatic carbocycles. The molecule has 0 radical (unpaired) electrons. The Kier molecular flexibility index (Phi) is 10.7. The summed E-state index contributed by atoms with van der Waals surface area (Å²) in [7, 11) is -2.62. The number of halogens is 2. The zero-order valence-electron chi connectivity index (χ0n) is 25.6. The molecular formula is C32H38F2N4O6S. The summed E-state index contributed by atoms with van der Waals surface area (Å²) < 4.78 is 67.4. The van der Waals surface area contributed by atoms with Crippen molar-refractivity contribution in [1.82, 2.24) is 4.90 Å². The summed E-state index contributed by atoms with van der Waals surface area (Å²) in [5, 5.41) is 4.78. The second-order valence-corrected chi connectivity index (χ2v) is 13.3. The minimum atomic E-state index is -3.82. The van der Waals surface area contributed by atoms with E-state index in [1.807, 2.05) is 0 Å². The van der Waals surface area contributed by atoms with E-state index in [2.05, 4.69) is 10.6 Å². The highest BCUT2D eigenvalue weighted by molar-refractivity contribution is 7.92. The molecule has 0 saturated carbocycles. The number of nitrogens with one attached hydrogen (secondary N) is 2. The maximum atomic E-state index is 15.5. The molecule has 1 aliphatic rings. The number of sulfone groups is 1. The number of amides is 2. The number of benzene rings is 3. The van der Waals surface area contributed by atoms with Gasteiger partial charge in [0.2, 0.25) is 5.91 Å². The van der Waals surface area contributed by atoms with Crippen molar-refractivity contribution in [3.63, 3.8) is 0 Å². The summed E-state index contributed by atoms with van der Waals surface area (Å²) in [6.45, 7) is 5.40. The van der Waals surface area contributed by atoms with Crippen LogP contribution in [0, 0.1) is 11.6 Å². The molecule has 10 nitrogen and oxygen atoms in total. The van der Waals surface area contributed by atoms with Crippen molar-refractivity contribution in [2.24, 2.45) is 5.73 Å². The van der Waals surface area contributed by atoms with Gasteiger partial charge in [0, 0.05) is 35.6 Å². The molecule has 2 amide bonds. The predicted octanol–water partition coefficient (Wildman–Crippen LogP) is 5.70. The number of ether oxygens (including phenoxy) is 2. The lowest BCUT2D eigenvalue weighted by Gasteiger charge is -2.32. The van der Waals surface area contributed by atoms with Gasteiger partial charge in [-0.3, -0.25) is 10.1 Å². The Balaban J connectivity index is 1.83. The van der Waals surface area contributed by atoms with Crippen LogP contribution in [0.5, 0.6) is 5.75 Å². The van der Waals surface area contributed by atoms with Crippen molar-refractivity contribution in [1.29, 1.82) is 0 Å². The third-order valence-corrected chi connectivity index (χ3v) is 9.91. The Labute approximate surface area is 261 Å². The van der Waals surface area contributed by atoms with Crippen molar-refractivity contribution in [3.8, 4) is 5.75 Å². The minimum Gasteiger partial charge on any atom is -0.494 e. The monoisotopic (exact) mass is 644 g/mol. The number of likely N-dealkylation sites (tertiary alicyclic amines) is 1. The summed E-state index contributed by atoms with van der Waals surface area (Å²) in [4.78, 5) is 27.9. The average Bonchev–Trinajstić information content (AvgIpc) is 3.50. The van der Waals surface area contributed by atoms with Crippen LogP contribution in [0.1, 0.15) is 62.4 Å². The van der Waals surface area contributed by atoms with Crippen molar-refractivity contribution in [2.45, 2.75) is 62.4 Å². The van der Waals surface area contributed by atoms with Gasteiger partial charge in [0.1, 0.15) is 23.4 Å². The predicted molar refractivity (Wildman–Crippen MR) is 167 cm³/mol. The van der Waals surface area contributed by atoms with Gasteiger partial charge < -0.3 is 25.4 Å². The van der Waals surface area contributed by atoms with Crippen LogP contribution < -0.4 is 21.1 Å². The van der Waals surface area contributed by atoms with E-state index in [-0.39, 0.29) is 40.5 Å². The molecular weight excluding hydrogens is 606 g/mol. The van der Waals surface area contributed by atoms with Crippen LogP contribution in [0.25, 0.3) is 0 Å². The highest BCUT2D eigenvalue weighted by atomic mass is 32.2. The van der Waals surface area contributed by atoms with Gasteiger partial charge in [0.15, 0.2) is 9.84 Å². The maximum Gasteiger partial charge on any atom is 0.411 e. The molecule has 3 aromatic carbocycles. The Hall–Kier alpha value is -4.23. The van der Waals surface area contributed by atoms with Gasteiger partial charge in [-0.2, -0.15) is 0 Å². The molecule has 4 rings (SSSR count). The van der Waals surface area contributed by atoms with Gasteiger partial charge in [-0.25, -0.2) is 22.0 Å². The van der Waals surface area contributed by atoms with E-state index in [1.165, 1.54) is 60.5 Å². The fourth-order valence-electron chi connectivity index (χ4n) is 5.33. The number of nitrogens with zero attached hydrogens (tertiary/aromatic N) is 1. The first-order valence-corrected chi connectivity index (χ1v) is 16.2. The normalized spacial score (nSPS) is 15.6. The van der Waals surface area contributed by atoms with Gasteiger partial charge in [-0.1, -0.05) is 6.07 Å². The standard InChI is InChI=1S/C32H38F2N4O6S/c1-5-44-23-11-12-26(33)24(17-23)30(36-22-9-8-20(18-35)27(34)16-22)31(39)38-14-6-7-28(38)25-15-21(37-32(40)43-4)10-13-29(25)45(41,42)19(2)3/h8-13,15-17,19,28,30,36H,5-7,14,18,35H2,1-4H3,(H,37,40)/t28-,30+/m1/s1. The number of hydrogen-bond acceptors (Lipinski definition) is 8. The number of hydrogen-bond donors (Lipinski definition) is 3. The van der Waals surface area contributed by atoms with Crippen molar-refractivity contribution in [3.05, 3.63) is 82.9 Å². The summed E-state index contributed by atoms with van der Waals surface area (Å²) in [6.07, 6.45) is 0.184. The summed E-state index contributed by atoms with van der Waals surface area (Å²) in [6, 6.07) is 10.6. The fourth-order valence-corrected chi connectivity index (χ4v) is 6.62. The number of rotatable bonds is 11. The molecule has 3 aromatic rings. The van der Waals surface area contributed by atoms with Crippen LogP contribution in [-0.4, -0.2) is 50.8 Å². The lowest BCUT2D eigenvalue weighted by atomic mass is 10.00. The summed E-state index contributed by atoms with van der Waals surface area (Å²) in [5.74, 6) is -1.50. The molecule has 2 atom stereocenters. The third-order valence-electron chi connectivity index (χ3n) is 7.68. The smallest absolute Gasteiger partial charge is 0.411 e. The van der Waals surface area contributed by atoms with Crippen LogP contribution >= 0.6 is 0 Å². The van der Waals surface area contributed by atoms with Gasteiger partial charge in [-0.15, -0.1) is 0 Å². The zero-order chi connectivity index (χ0) is 32.9. The van der Waals surface area contributed by atoms with E-state index in [0.29, 0.717) is 30.8 Å². The zero-order valence-corrected chi connectivity index (χ0v) is 26.4. The van der Waals surface area contributed by atoms with Crippen LogP contribution in [-0.2, 0) is 25.9 Å². The summed E-state index contributed by atoms with van der Waals surface area (Å²) in [5.41, 5.74) is 6.65. The lowest BCUT2D eigenvalue weighted by Crippen LogP contribution is -2.38. The second kappa shape index (κ2) is 14.2. The lowest BCUT2D eigenvalue weighted by molar-refractivity contribution is -0.133. The van der Waals surface area contributed by atoms with Crippen LogP contribution in [0.3, 0.4) is 0 Å². The topological polar surface area (TPSA) is 140 Å². The van der Waals surface area contributed by atoms with Crippen LogP contribution in [0.2, 0.25) is 0 Å².